The van der Waals surface area contributed by atoms with Gasteiger partial charge in [-0.05, 0) is 48.5 Å². The molecule has 3 rings (SSSR count). The van der Waals surface area contributed by atoms with Gasteiger partial charge in [0.15, 0.2) is 5.69 Å². The molecule has 13 heteroatoms. The van der Waals surface area contributed by atoms with Gasteiger partial charge in [-0.2, -0.15) is 18.3 Å². The fourth-order valence-electron chi connectivity index (χ4n) is 2.65. The van der Waals surface area contributed by atoms with Crippen molar-refractivity contribution in [1.29, 1.82) is 0 Å². The van der Waals surface area contributed by atoms with Crippen LogP contribution in [0.2, 0.25) is 0 Å². The highest BCUT2D eigenvalue weighted by molar-refractivity contribution is 7.89. The van der Waals surface area contributed by atoms with Gasteiger partial charge in [0.2, 0.25) is 10.0 Å². The lowest BCUT2D eigenvalue weighted by atomic mass is 10.2. The van der Waals surface area contributed by atoms with Gasteiger partial charge in [-0.3, -0.25) is 20.4 Å². The lowest BCUT2D eigenvalue weighted by Gasteiger charge is -2.12. The van der Waals surface area contributed by atoms with E-state index in [1.807, 2.05) is 0 Å². The maximum absolute atomic E-state index is 12.7. The summed E-state index contributed by atoms with van der Waals surface area (Å²) in [5.74, 6) is -1.43. The third-order valence-electron chi connectivity index (χ3n) is 4.44. The monoisotopic (exact) mass is 481 g/mol. The Morgan fingerprint density at radius 3 is 2.09 bits per heavy atom. The Morgan fingerprint density at radius 1 is 0.939 bits per heavy atom. The van der Waals surface area contributed by atoms with Crippen LogP contribution in [0.5, 0.6) is 0 Å². The van der Waals surface area contributed by atoms with Crippen LogP contribution in [-0.4, -0.2) is 48.4 Å². The Labute approximate surface area is 186 Å². The molecular formula is C20H18F3N5O4S. The third kappa shape index (κ3) is 5.38. The van der Waals surface area contributed by atoms with Crippen LogP contribution in [0.25, 0.3) is 5.69 Å². The topological polar surface area (TPSA) is 113 Å². The molecule has 1 aromatic heterocycles. The molecule has 0 saturated heterocycles. The first-order chi connectivity index (χ1) is 15.4. The van der Waals surface area contributed by atoms with E-state index in [-0.39, 0.29) is 16.0 Å². The molecule has 3 aromatic rings. The van der Waals surface area contributed by atoms with E-state index in [0.717, 1.165) is 21.3 Å². The van der Waals surface area contributed by atoms with E-state index >= 15 is 0 Å². The van der Waals surface area contributed by atoms with Crippen molar-refractivity contribution in [2.24, 2.45) is 0 Å². The summed E-state index contributed by atoms with van der Waals surface area (Å²) in [6.07, 6.45) is -3.43. The molecular weight excluding hydrogens is 463 g/mol. The molecule has 1 heterocycles. The minimum Gasteiger partial charge on any atom is -0.267 e. The Balaban J connectivity index is 1.65. The van der Waals surface area contributed by atoms with Crippen LogP contribution >= 0.6 is 0 Å². The molecule has 0 fully saturated rings. The Bertz CT molecular complexity index is 1290. The second-order valence-corrected chi connectivity index (χ2v) is 9.07. The summed E-state index contributed by atoms with van der Waals surface area (Å²) >= 11 is 0. The third-order valence-corrected chi connectivity index (χ3v) is 6.25. The van der Waals surface area contributed by atoms with E-state index in [1.165, 1.54) is 62.6 Å². The number of rotatable bonds is 5. The van der Waals surface area contributed by atoms with Crippen molar-refractivity contribution >= 4 is 21.8 Å². The van der Waals surface area contributed by atoms with Gasteiger partial charge >= 0.3 is 6.18 Å². The lowest BCUT2D eigenvalue weighted by molar-refractivity contribution is -0.141. The summed E-state index contributed by atoms with van der Waals surface area (Å²) in [6, 6.07) is 11.6. The van der Waals surface area contributed by atoms with Crippen molar-refractivity contribution in [2.45, 2.75) is 11.1 Å². The van der Waals surface area contributed by atoms with Crippen molar-refractivity contribution in [2.75, 3.05) is 14.1 Å². The zero-order valence-electron chi connectivity index (χ0n) is 17.3. The highest BCUT2D eigenvalue weighted by atomic mass is 32.2. The molecule has 0 spiro atoms. The Kier molecular flexibility index (Phi) is 6.56. The zero-order valence-corrected chi connectivity index (χ0v) is 18.1. The molecule has 0 bridgehead atoms. The number of nitrogens with zero attached hydrogens (tertiary/aromatic N) is 3. The predicted molar refractivity (Wildman–Crippen MR) is 111 cm³/mol. The van der Waals surface area contributed by atoms with E-state index in [2.05, 4.69) is 16.0 Å². The van der Waals surface area contributed by atoms with Crippen LogP contribution in [-0.2, 0) is 16.2 Å². The number of alkyl halides is 3. The van der Waals surface area contributed by atoms with E-state index in [9.17, 15) is 31.2 Å². The van der Waals surface area contributed by atoms with Crippen LogP contribution in [0.1, 0.15) is 26.4 Å². The van der Waals surface area contributed by atoms with Crippen LogP contribution in [0.4, 0.5) is 13.2 Å². The molecule has 9 nitrogen and oxygen atoms in total. The standard InChI is InChI=1S/C20H18F3N5O4S/c1-27(2)33(31,32)16-5-3-4-14(12-16)19(30)25-24-18(29)13-6-8-15(9-7-13)28-11-10-17(26-28)20(21,22)23/h3-12H,1-2H3,(H,24,29)(H,25,30). The van der Waals surface area contributed by atoms with Crippen molar-refractivity contribution in [3.63, 3.8) is 0 Å². The number of amides is 2. The quantitative estimate of drug-likeness (QED) is 0.543. The van der Waals surface area contributed by atoms with E-state index in [1.54, 1.807) is 0 Å². The van der Waals surface area contributed by atoms with Crippen LogP contribution in [0, 0.1) is 0 Å². The average molecular weight is 481 g/mol. The first kappa shape index (κ1) is 23.9. The molecule has 2 amide bonds. The SMILES string of the molecule is CN(C)S(=O)(=O)c1cccc(C(=O)NNC(=O)c2ccc(-n3ccc(C(F)(F)F)n3)cc2)c1. The number of hydrogen-bond acceptors (Lipinski definition) is 5. The smallest absolute Gasteiger partial charge is 0.267 e. The average Bonchev–Trinajstić information content (AvgIpc) is 3.28. The number of nitrogens with one attached hydrogen (secondary N) is 2. The Morgan fingerprint density at radius 2 is 1.55 bits per heavy atom. The van der Waals surface area contributed by atoms with Crippen molar-refractivity contribution < 1.29 is 31.2 Å². The van der Waals surface area contributed by atoms with Gasteiger partial charge in [0.05, 0.1) is 10.6 Å². The second-order valence-electron chi connectivity index (χ2n) is 6.91. The van der Waals surface area contributed by atoms with Gasteiger partial charge in [0.25, 0.3) is 11.8 Å². The molecule has 0 saturated carbocycles. The minimum absolute atomic E-state index is 0.00715. The van der Waals surface area contributed by atoms with Crippen molar-refractivity contribution in [3.05, 3.63) is 77.6 Å². The number of carbonyl (C=O) groups excluding carboxylic acids is 2. The molecule has 0 aliphatic carbocycles. The number of hydrogen-bond donors (Lipinski definition) is 2. The second kappa shape index (κ2) is 9.03. The van der Waals surface area contributed by atoms with Gasteiger partial charge in [-0.25, -0.2) is 17.4 Å². The molecule has 0 aliphatic heterocycles. The van der Waals surface area contributed by atoms with Gasteiger partial charge in [-0.15, -0.1) is 0 Å². The van der Waals surface area contributed by atoms with Crippen LogP contribution in [0.3, 0.4) is 0 Å². The highest BCUT2D eigenvalue weighted by Gasteiger charge is 2.33. The molecule has 0 aliphatic rings. The fourth-order valence-corrected chi connectivity index (χ4v) is 3.60. The summed E-state index contributed by atoms with van der Waals surface area (Å²) in [5, 5.41) is 3.44. The lowest BCUT2D eigenvalue weighted by Crippen LogP contribution is -2.41. The molecule has 0 unspecified atom stereocenters. The maximum Gasteiger partial charge on any atom is 0.435 e. The maximum atomic E-state index is 12.7. The van der Waals surface area contributed by atoms with Crippen molar-refractivity contribution in [3.8, 4) is 5.69 Å². The van der Waals surface area contributed by atoms with Gasteiger partial charge in [0, 0.05) is 31.4 Å². The van der Waals surface area contributed by atoms with Crippen LogP contribution in [0.15, 0.2) is 65.7 Å². The summed E-state index contributed by atoms with van der Waals surface area (Å²) in [6.45, 7) is 0. The number of sulfonamides is 1. The first-order valence-corrected chi connectivity index (χ1v) is 10.7. The Hall–Kier alpha value is -3.71. The van der Waals surface area contributed by atoms with E-state index in [0.29, 0.717) is 5.69 Å². The molecule has 0 radical (unpaired) electrons. The summed E-state index contributed by atoms with van der Waals surface area (Å²) in [4.78, 5) is 24.5. The summed E-state index contributed by atoms with van der Waals surface area (Å²) in [7, 11) is -1.03. The van der Waals surface area contributed by atoms with E-state index in [4.69, 9.17) is 0 Å². The normalized spacial score (nSPS) is 11.9. The van der Waals surface area contributed by atoms with Crippen LogP contribution < -0.4 is 10.9 Å². The van der Waals surface area contributed by atoms with Gasteiger partial charge in [0.1, 0.15) is 0 Å². The van der Waals surface area contributed by atoms with Gasteiger partial charge in [-0.1, -0.05) is 6.07 Å². The van der Waals surface area contributed by atoms with Crippen molar-refractivity contribution in [1.82, 2.24) is 24.9 Å². The molecule has 0 atom stereocenters. The minimum atomic E-state index is -4.57. The summed E-state index contributed by atoms with van der Waals surface area (Å²) < 4.78 is 64.5. The number of halogens is 3. The number of hydrazine groups is 1. The first-order valence-electron chi connectivity index (χ1n) is 9.26. The molecule has 174 valence electrons. The van der Waals surface area contributed by atoms with Gasteiger partial charge < -0.3 is 0 Å². The largest absolute Gasteiger partial charge is 0.435 e. The number of benzene rings is 2. The highest BCUT2D eigenvalue weighted by Crippen LogP contribution is 2.27. The predicted octanol–water partition coefficient (Wildman–Crippen LogP) is 2.22. The number of carbonyl (C=O) groups is 2. The molecule has 2 N–H and O–H groups in total. The fraction of sp³-hybridized carbons (Fsp3) is 0.150. The summed E-state index contributed by atoms with van der Waals surface area (Å²) in [5.41, 5.74) is 3.75. The number of aromatic nitrogens is 2. The zero-order chi connectivity index (χ0) is 24.4. The molecule has 33 heavy (non-hydrogen) atoms. The molecule has 2 aromatic carbocycles. The van der Waals surface area contributed by atoms with E-state index < -0.39 is 33.7 Å².